The maximum Gasteiger partial charge on any atom is 0.231 e. The second-order valence-corrected chi connectivity index (χ2v) is 5.48. The van der Waals surface area contributed by atoms with Crippen molar-refractivity contribution in [2.75, 3.05) is 0 Å². The number of hydrogen-bond acceptors (Lipinski definition) is 6. The lowest BCUT2D eigenvalue weighted by Gasteiger charge is -2.05. The summed E-state index contributed by atoms with van der Waals surface area (Å²) in [6.07, 6.45) is 5.20. The van der Waals surface area contributed by atoms with E-state index >= 15 is 0 Å². The molecule has 3 heterocycles. The number of benzene rings is 1. The number of hydrogen-bond donors (Lipinski definition) is 0. The molecular formula is C18H13N5O2. The van der Waals surface area contributed by atoms with Crippen molar-refractivity contribution < 1.29 is 9.15 Å². The molecule has 1 aromatic carbocycles. The second kappa shape index (κ2) is 6.09. The molecule has 0 radical (unpaired) electrons. The largest absolute Gasteiger partial charge is 0.489 e. The van der Waals surface area contributed by atoms with Crippen LogP contribution in [0, 0.1) is 11.3 Å². The van der Waals surface area contributed by atoms with Crippen LogP contribution in [-0.4, -0.2) is 19.7 Å². The van der Waals surface area contributed by atoms with Gasteiger partial charge in [-0.05, 0) is 18.2 Å². The predicted octanol–water partition coefficient (Wildman–Crippen LogP) is 3.07. The van der Waals surface area contributed by atoms with E-state index in [1.807, 2.05) is 24.3 Å². The number of nitriles is 1. The summed E-state index contributed by atoms with van der Waals surface area (Å²) in [5.74, 6) is 1.05. The lowest BCUT2D eigenvalue weighted by Crippen LogP contribution is -1.95. The minimum Gasteiger partial charge on any atom is -0.489 e. The normalized spacial score (nSPS) is 10.7. The van der Waals surface area contributed by atoms with Crippen molar-refractivity contribution in [3.8, 4) is 23.3 Å². The van der Waals surface area contributed by atoms with E-state index < -0.39 is 0 Å². The first-order valence-electron chi connectivity index (χ1n) is 7.59. The molecule has 4 aromatic rings. The third kappa shape index (κ3) is 2.93. The van der Waals surface area contributed by atoms with Crippen LogP contribution in [0.3, 0.4) is 0 Å². The maximum atomic E-state index is 9.17. The summed E-state index contributed by atoms with van der Waals surface area (Å²) in [6, 6.07) is 11.3. The summed E-state index contributed by atoms with van der Waals surface area (Å²) < 4.78 is 13.1. The molecule has 0 saturated carbocycles. The zero-order valence-electron chi connectivity index (χ0n) is 13.4. The van der Waals surface area contributed by atoms with Gasteiger partial charge < -0.3 is 9.15 Å². The van der Waals surface area contributed by atoms with Gasteiger partial charge in [0.1, 0.15) is 23.9 Å². The smallest absolute Gasteiger partial charge is 0.231 e. The molecule has 0 saturated heterocycles. The van der Waals surface area contributed by atoms with E-state index in [0.717, 1.165) is 5.56 Å². The van der Waals surface area contributed by atoms with Gasteiger partial charge in [-0.15, -0.1) is 0 Å². The van der Waals surface area contributed by atoms with Crippen LogP contribution in [0.2, 0.25) is 0 Å². The highest BCUT2D eigenvalue weighted by atomic mass is 16.5. The van der Waals surface area contributed by atoms with Crippen molar-refractivity contribution in [2.45, 2.75) is 6.61 Å². The number of aromatic nitrogens is 4. The molecule has 0 aliphatic rings. The van der Waals surface area contributed by atoms with Gasteiger partial charge in [0, 0.05) is 37.3 Å². The van der Waals surface area contributed by atoms with Crippen LogP contribution in [0.5, 0.6) is 5.75 Å². The highest BCUT2D eigenvalue weighted by Gasteiger charge is 2.16. The lowest BCUT2D eigenvalue weighted by molar-refractivity contribution is 0.306. The number of pyridine rings is 1. The molecule has 7 heteroatoms. The Hall–Kier alpha value is -3.66. The quantitative estimate of drug-likeness (QED) is 0.571. The van der Waals surface area contributed by atoms with E-state index in [2.05, 4.69) is 15.1 Å². The average molecular weight is 331 g/mol. The zero-order valence-corrected chi connectivity index (χ0v) is 13.4. The molecule has 7 nitrogen and oxygen atoms in total. The topological polar surface area (TPSA) is 89.8 Å². The Bertz CT molecular complexity index is 1080. The maximum absolute atomic E-state index is 9.17. The third-order valence-corrected chi connectivity index (χ3v) is 3.65. The Labute approximate surface area is 143 Å². The van der Waals surface area contributed by atoms with Gasteiger partial charge in [-0.3, -0.25) is 9.67 Å². The van der Waals surface area contributed by atoms with Gasteiger partial charge in [-0.1, -0.05) is 6.07 Å². The van der Waals surface area contributed by atoms with Gasteiger partial charge in [0.2, 0.25) is 5.89 Å². The molecule has 0 unspecified atom stereocenters. The first-order chi connectivity index (χ1) is 12.2. The fraction of sp³-hybridized carbons (Fsp3) is 0.111. The van der Waals surface area contributed by atoms with Gasteiger partial charge in [0.05, 0.1) is 5.56 Å². The van der Waals surface area contributed by atoms with E-state index in [1.165, 1.54) is 0 Å². The molecule has 0 spiro atoms. The Morgan fingerprint density at radius 3 is 3.04 bits per heavy atom. The summed E-state index contributed by atoms with van der Waals surface area (Å²) >= 11 is 0. The summed E-state index contributed by atoms with van der Waals surface area (Å²) in [6.45, 7) is 0.422. The Balaban J connectivity index is 1.62. The van der Waals surface area contributed by atoms with E-state index in [0.29, 0.717) is 34.9 Å². The summed E-state index contributed by atoms with van der Waals surface area (Å²) in [4.78, 5) is 8.52. The molecule has 0 aliphatic carbocycles. The molecule has 3 aromatic heterocycles. The summed E-state index contributed by atoms with van der Waals surface area (Å²) in [5.41, 5.74) is 3.11. The number of aryl methyl sites for hydroxylation is 1. The van der Waals surface area contributed by atoms with E-state index in [-0.39, 0.29) is 5.69 Å². The minimum absolute atomic E-state index is 0.280. The molecule has 4 rings (SSSR count). The summed E-state index contributed by atoms with van der Waals surface area (Å²) in [7, 11) is 1.75. The van der Waals surface area contributed by atoms with E-state index in [1.54, 1.807) is 42.5 Å². The third-order valence-electron chi connectivity index (χ3n) is 3.65. The fourth-order valence-electron chi connectivity index (χ4n) is 2.49. The predicted molar refractivity (Wildman–Crippen MR) is 89.5 cm³/mol. The number of oxazole rings is 1. The van der Waals surface area contributed by atoms with Crippen LogP contribution >= 0.6 is 0 Å². The van der Waals surface area contributed by atoms with Crippen molar-refractivity contribution >= 4 is 11.1 Å². The number of ether oxygens (including phenoxy) is 1. The van der Waals surface area contributed by atoms with Crippen molar-refractivity contribution in [3.05, 3.63) is 60.2 Å². The van der Waals surface area contributed by atoms with Crippen LogP contribution in [-0.2, 0) is 13.7 Å². The van der Waals surface area contributed by atoms with Crippen molar-refractivity contribution in [1.82, 2.24) is 19.7 Å². The van der Waals surface area contributed by atoms with Gasteiger partial charge in [0.25, 0.3) is 0 Å². The fourth-order valence-corrected chi connectivity index (χ4v) is 2.49. The Kier molecular flexibility index (Phi) is 3.63. The zero-order chi connectivity index (χ0) is 17.2. The van der Waals surface area contributed by atoms with Crippen LogP contribution in [0.15, 0.2) is 53.3 Å². The van der Waals surface area contributed by atoms with Crippen LogP contribution in [0.25, 0.3) is 22.6 Å². The Morgan fingerprint density at radius 2 is 2.24 bits per heavy atom. The van der Waals surface area contributed by atoms with Crippen molar-refractivity contribution in [2.24, 2.45) is 7.05 Å². The molecule has 0 atom stereocenters. The average Bonchev–Trinajstić information content (AvgIpc) is 3.23. The molecule has 0 fully saturated rings. The highest BCUT2D eigenvalue weighted by Crippen LogP contribution is 2.28. The number of nitrogens with zero attached hydrogens (tertiary/aromatic N) is 5. The highest BCUT2D eigenvalue weighted by molar-refractivity contribution is 5.78. The van der Waals surface area contributed by atoms with E-state index in [4.69, 9.17) is 14.4 Å². The number of rotatable bonds is 4. The monoisotopic (exact) mass is 331 g/mol. The Morgan fingerprint density at radius 1 is 1.32 bits per heavy atom. The molecule has 25 heavy (non-hydrogen) atoms. The van der Waals surface area contributed by atoms with Gasteiger partial charge in [-0.25, -0.2) is 4.98 Å². The molecular weight excluding hydrogens is 318 g/mol. The van der Waals surface area contributed by atoms with Gasteiger partial charge >= 0.3 is 0 Å². The summed E-state index contributed by atoms with van der Waals surface area (Å²) in [5, 5.41) is 13.3. The van der Waals surface area contributed by atoms with Crippen LogP contribution in [0.4, 0.5) is 0 Å². The molecule has 0 N–H and O–H groups in total. The lowest BCUT2D eigenvalue weighted by atomic mass is 10.2. The minimum atomic E-state index is 0.280. The van der Waals surface area contributed by atoms with E-state index in [9.17, 15) is 0 Å². The SMILES string of the molecule is Cn1cc(-c2nc3cc(OCc4cccnc4)ccc3o2)c(C#N)n1. The first-order valence-corrected chi connectivity index (χ1v) is 7.59. The van der Waals surface area contributed by atoms with Crippen LogP contribution in [0.1, 0.15) is 11.3 Å². The number of fused-ring (bicyclic) bond motifs is 1. The van der Waals surface area contributed by atoms with Gasteiger partial charge in [0.15, 0.2) is 11.3 Å². The van der Waals surface area contributed by atoms with Gasteiger partial charge in [-0.2, -0.15) is 10.4 Å². The van der Waals surface area contributed by atoms with Crippen molar-refractivity contribution in [3.63, 3.8) is 0 Å². The second-order valence-electron chi connectivity index (χ2n) is 5.48. The standard InChI is InChI=1S/C18H13N5O2/c1-23-10-14(16(8-19)22-23)18-21-15-7-13(4-5-17(15)25-18)24-11-12-3-2-6-20-9-12/h2-7,9-10H,11H2,1H3. The molecule has 0 amide bonds. The van der Waals surface area contributed by atoms with Crippen LogP contribution < -0.4 is 4.74 Å². The molecule has 0 aliphatic heterocycles. The molecule has 0 bridgehead atoms. The first kappa shape index (κ1) is 14.9. The molecule has 122 valence electrons. The van der Waals surface area contributed by atoms with Crippen molar-refractivity contribution in [1.29, 1.82) is 5.26 Å².